The predicted molar refractivity (Wildman–Crippen MR) is 52.9 cm³/mol. The summed E-state index contributed by atoms with van der Waals surface area (Å²) < 4.78 is 5.19. The van der Waals surface area contributed by atoms with Gasteiger partial charge >= 0.3 is 6.09 Å². The van der Waals surface area contributed by atoms with Crippen LogP contribution in [0.2, 0.25) is 0 Å². The van der Waals surface area contributed by atoms with Crippen molar-refractivity contribution in [2.24, 2.45) is 0 Å². The van der Waals surface area contributed by atoms with Crippen LogP contribution < -0.4 is 0 Å². The van der Waals surface area contributed by atoms with Crippen molar-refractivity contribution in [3.63, 3.8) is 0 Å². The molecule has 2 saturated heterocycles. The normalized spacial score (nSPS) is 28.5. The number of rotatable bonds is 3. The van der Waals surface area contributed by atoms with Crippen molar-refractivity contribution < 1.29 is 9.53 Å². The van der Waals surface area contributed by atoms with Crippen molar-refractivity contribution in [3.8, 4) is 0 Å². The van der Waals surface area contributed by atoms with E-state index in [0.717, 1.165) is 32.7 Å². The van der Waals surface area contributed by atoms with Crippen molar-refractivity contribution in [3.05, 3.63) is 0 Å². The number of carbonyl (C=O) groups is 1. The fourth-order valence-corrected chi connectivity index (χ4v) is 2.07. The van der Waals surface area contributed by atoms with Gasteiger partial charge in [0.1, 0.15) is 6.10 Å². The maximum atomic E-state index is 11.4. The zero-order valence-corrected chi connectivity index (χ0v) is 8.74. The van der Waals surface area contributed by atoms with Crippen molar-refractivity contribution in [2.45, 2.75) is 32.3 Å². The Morgan fingerprint density at radius 2 is 2.14 bits per heavy atom. The van der Waals surface area contributed by atoms with Gasteiger partial charge in [0.25, 0.3) is 0 Å². The third kappa shape index (κ3) is 2.00. The molecule has 0 aromatic heterocycles. The Bertz CT molecular complexity index is 214. The first-order chi connectivity index (χ1) is 6.79. The number of hydrogen-bond acceptors (Lipinski definition) is 3. The van der Waals surface area contributed by atoms with E-state index in [1.165, 1.54) is 12.8 Å². The first kappa shape index (κ1) is 9.77. The highest BCUT2D eigenvalue weighted by Crippen LogP contribution is 2.16. The molecule has 2 fully saturated rings. The Hall–Kier alpha value is -0.770. The summed E-state index contributed by atoms with van der Waals surface area (Å²) in [6.45, 7) is 5.83. The quantitative estimate of drug-likeness (QED) is 0.684. The number of ether oxygens (including phenoxy) is 1. The molecular weight excluding hydrogens is 180 g/mol. The number of carbonyl (C=O) groups excluding carboxylic acids is 1. The molecule has 0 bridgehead atoms. The second-order valence-corrected chi connectivity index (χ2v) is 4.10. The molecule has 1 amide bonds. The summed E-state index contributed by atoms with van der Waals surface area (Å²) in [6.07, 6.45) is 3.43. The van der Waals surface area contributed by atoms with Gasteiger partial charge in [-0.05, 0) is 32.4 Å². The van der Waals surface area contributed by atoms with Crippen LogP contribution in [-0.4, -0.2) is 48.3 Å². The summed E-state index contributed by atoms with van der Waals surface area (Å²) in [6, 6.07) is 0. The van der Waals surface area contributed by atoms with Crippen LogP contribution in [0.4, 0.5) is 4.79 Å². The number of cyclic esters (lactones) is 1. The maximum absolute atomic E-state index is 11.4. The lowest BCUT2D eigenvalue weighted by molar-refractivity contribution is 0.123. The Morgan fingerprint density at radius 3 is 2.71 bits per heavy atom. The molecule has 0 aliphatic carbocycles. The minimum absolute atomic E-state index is 0.116. The van der Waals surface area contributed by atoms with E-state index in [4.69, 9.17) is 4.74 Å². The average Bonchev–Trinajstić information content (AvgIpc) is 2.78. The average molecular weight is 198 g/mol. The summed E-state index contributed by atoms with van der Waals surface area (Å²) in [4.78, 5) is 15.5. The molecular formula is C10H18N2O2. The van der Waals surface area contributed by atoms with E-state index in [1.807, 2.05) is 4.90 Å². The molecule has 1 atom stereocenters. The van der Waals surface area contributed by atoms with Crippen LogP contribution in [0.15, 0.2) is 0 Å². The molecule has 2 heterocycles. The summed E-state index contributed by atoms with van der Waals surface area (Å²) >= 11 is 0. The standard InChI is InChI=1S/C10H18N2O2/c1-2-9-7-12(10(13)14-9)8-11-5-3-4-6-11/h9H,2-8H2,1H3/t9-/m0/s1. The van der Waals surface area contributed by atoms with Gasteiger partial charge in [0.15, 0.2) is 0 Å². The molecule has 0 aromatic rings. The smallest absolute Gasteiger partial charge is 0.411 e. The SMILES string of the molecule is CC[C@H]1CN(CN2CCCC2)C(=O)O1. The predicted octanol–water partition coefficient (Wildman–Crippen LogP) is 1.27. The topological polar surface area (TPSA) is 32.8 Å². The second-order valence-electron chi connectivity index (χ2n) is 4.10. The zero-order valence-electron chi connectivity index (χ0n) is 8.74. The van der Waals surface area contributed by atoms with Crippen LogP contribution in [0, 0.1) is 0 Å². The molecule has 0 spiro atoms. The molecule has 0 unspecified atom stereocenters. The van der Waals surface area contributed by atoms with E-state index in [0.29, 0.717) is 0 Å². The number of amides is 1. The highest BCUT2D eigenvalue weighted by molar-refractivity contribution is 5.69. The van der Waals surface area contributed by atoms with Gasteiger partial charge in [-0.15, -0.1) is 0 Å². The van der Waals surface area contributed by atoms with Gasteiger partial charge in [-0.2, -0.15) is 0 Å². The molecule has 80 valence electrons. The lowest BCUT2D eigenvalue weighted by atomic mass is 10.3. The minimum Gasteiger partial charge on any atom is -0.444 e. The van der Waals surface area contributed by atoms with E-state index < -0.39 is 0 Å². The van der Waals surface area contributed by atoms with Crippen LogP contribution in [-0.2, 0) is 4.74 Å². The van der Waals surface area contributed by atoms with Crippen molar-refractivity contribution >= 4 is 6.09 Å². The molecule has 0 saturated carbocycles. The summed E-state index contributed by atoms with van der Waals surface area (Å²) in [5.41, 5.74) is 0. The van der Waals surface area contributed by atoms with E-state index in [2.05, 4.69) is 11.8 Å². The summed E-state index contributed by atoms with van der Waals surface area (Å²) in [5.74, 6) is 0. The van der Waals surface area contributed by atoms with Crippen LogP contribution in [0.5, 0.6) is 0 Å². The largest absolute Gasteiger partial charge is 0.444 e. The van der Waals surface area contributed by atoms with Crippen molar-refractivity contribution in [1.82, 2.24) is 9.80 Å². The molecule has 4 heteroatoms. The first-order valence-corrected chi connectivity index (χ1v) is 5.47. The number of likely N-dealkylation sites (tertiary alicyclic amines) is 1. The maximum Gasteiger partial charge on any atom is 0.411 e. The lowest BCUT2D eigenvalue weighted by Gasteiger charge is -2.21. The van der Waals surface area contributed by atoms with Gasteiger partial charge in [-0.25, -0.2) is 4.79 Å². The Labute approximate surface area is 84.8 Å². The molecule has 2 aliphatic rings. The Morgan fingerprint density at radius 1 is 1.43 bits per heavy atom. The molecule has 2 aliphatic heterocycles. The third-order valence-electron chi connectivity index (χ3n) is 2.97. The van der Waals surface area contributed by atoms with Gasteiger partial charge < -0.3 is 4.74 Å². The Kier molecular flexibility index (Phi) is 2.91. The summed E-state index contributed by atoms with van der Waals surface area (Å²) in [5, 5.41) is 0. The minimum atomic E-state index is -0.135. The molecule has 0 radical (unpaired) electrons. The monoisotopic (exact) mass is 198 g/mol. The zero-order chi connectivity index (χ0) is 9.97. The van der Waals surface area contributed by atoms with Crippen LogP contribution in [0.1, 0.15) is 26.2 Å². The fourth-order valence-electron chi connectivity index (χ4n) is 2.07. The van der Waals surface area contributed by atoms with Crippen molar-refractivity contribution in [2.75, 3.05) is 26.3 Å². The number of hydrogen-bond donors (Lipinski definition) is 0. The van der Waals surface area contributed by atoms with E-state index >= 15 is 0 Å². The first-order valence-electron chi connectivity index (χ1n) is 5.47. The van der Waals surface area contributed by atoms with Gasteiger partial charge in [0.2, 0.25) is 0 Å². The van der Waals surface area contributed by atoms with E-state index in [9.17, 15) is 4.79 Å². The summed E-state index contributed by atoms with van der Waals surface area (Å²) in [7, 11) is 0. The lowest BCUT2D eigenvalue weighted by Crippen LogP contribution is -2.37. The molecule has 14 heavy (non-hydrogen) atoms. The fraction of sp³-hybridized carbons (Fsp3) is 0.900. The van der Waals surface area contributed by atoms with Crippen LogP contribution in [0.3, 0.4) is 0 Å². The van der Waals surface area contributed by atoms with Crippen molar-refractivity contribution in [1.29, 1.82) is 0 Å². The molecule has 0 aromatic carbocycles. The highest BCUT2D eigenvalue weighted by atomic mass is 16.6. The molecule has 4 nitrogen and oxygen atoms in total. The van der Waals surface area contributed by atoms with Crippen LogP contribution in [0.25, 0.3) is 0 Å². The molecule has 0 N–H and O–H groups in total. The van der Waals surface area contributed by atoms with Gasteiger partial charge in [-0.1, -0.05) is 6.92 Å². The second kappa shape index (κ2) is 4.17. The number of nitrogens with zero attached hydrogens (tertiary/aromatic N) is 2. The molecule has 2 rings (SSSR count). The Balaban J connectivity index is 1.82. The van der Waals surface area contributed by atoms with Crippen LogP contribution >= 0.6 is 0 Å². The highest BCUT2D eigenvalue weighted by Gasteiger charge is 2.31. The van der Waals surface area contributed by atoms with Gasteiger partial charge in [0, 0.05) is 0 Å². The van der Waals surface area contributed by atoms with Gasteiger partial charge in [-0.3, -0.25) is 9.80 Å². The van der Waals surface area contributed by atoms with E-state index in [-0.39, 0.29) is 12.2 Å². The van der Waals surface area contributed by atoms with Gasteiger partial charge in [0.05, 0.1) is 13.2 Å². The third-order valence-corrected chi connectivity index (χ3v) is 2.97. The van der Waals surface area contributed by atoms with E-state index in [1.54, 1.807) is 0 Å².